The molecule has 0 amide bonds. The molecule has 2 rings (SSSR count). The molecule has 0 radical (unpaired) electrons. The highest BCUT2D eigenvalue weighted by Gasteiger charge is 2.11. The molecule has 0 saturated heterocycles. The van der Waals surface area contributed by atoms with Crippen molar-refractivity contribution in [3.05, 3.63) is 30.1 Å². The lowest BCUT2D eigenvalue weighted by Gasteiger charge is -2.11. The summed E-state index contributed by atoms with van der Waals surface area (Å²) in [6.45, 7) is 2.87. The lowest BCUT2D eigenvalue weighted by atomic mass is 10.1. The summed E-state index contributed by atoms with van der Waals surface area (Å²) in [6.07, 6.45) is 3.66. The van der Waals surface area contributed by atoms with Gasteiger partial charge in [-0.2, -0.15) is 5.26 Å². The minimum absolute atomic E-state index is 0.297. The van der Waals surface area contributed by atoms with Crippen molar-refractivity contribution in [3.63, 3.8) is 0 Å². The highest BCUT2D eigenvalue weighted by molar-refractivity contribution is 5.65. The van der Waals surface area contributed by atoms with Gasteiger partial charge in [0.05, 0.1) is 26.1 Å². The summed E-state index contributed by atoms with van der Waals surface area (Å²) in [5.74, 6) is 1.78. The molecule has 0 unspecified atom stereocenters. The molecule has 6 nitrogen and oxygen atoms in total. The number of hydrogen-bond donors (Lipinski definition) is 1. The van der Waals surface area contributed by atoms with Crippen LogP contribution < -0.4 is 14.8 Å². The number of methoxy groups -OCH3 is 2. The number of hydrogen-bond acceptors (Lipinski definition) is 6. The third-order valence-electron chi connectivity index (χ3n) is 3.38. The van der Waals surface area contributed by atoms with Crippen molar-refractivity contribution in [1.29, 1.82) is 5.26 Å². The van der Waals surface area contributed by atoms with Gasteiger partial charge in [-0.05, 0) is 24.6 Å². The average Bonchev–Trinajstić information content (AvgIpc) is 2.61. The van der Waals surface area contributed by atoms with Crippen LogP contribution in [-0.4, -0.2) is 30.7 Å². The third-order valence-corrected chi connectivity index (χ3v) is 3.38. The first kappa shape index (κ1) is 16.6. The van der Waals surface area contributed by atoms with Crippen LogP contribution in [-0.2, 0) is 0 Å². The van der Waals surface area contributed by atoms with Gasteiger partial charge in [0.25, 0.3) is 0 Å². The molecule has 0 saturated carbocycles. The van der Waals surface area contributed by atoms with E-state index in [1.165, 1.54) is 0 Å². The molecule has 0 aliphatic rings. The van der Waals surface area contributed by atoms with Crippen molar-refractivity contribution in [2.45, 2.75) is 19.8 Å². The fraction of sp³-hybridized carbons (Fsp3) is 0.353. The zero-order valence-corrected chi connectivity index (χ0v) is 13.6. The Kier molecular flexibility index (Phi) is 5.75. The third kappa shape index (κ3) is 3.89. The van der Waals surface area contributed by atoms with Gasteiger partial charge < -0.3 is 14.8 Å². The van der Waals surface area contributed by atoms with Crippen molar-refractivity contribution in [3.8, 4) is 28.8 Å². The number of anilines is 1. The molecule has 1 heterocycles. The number of unbranched alkanes of at least 4 members (excludes halogenated alkanes) is 1. The smallest absolute Gasteiger partial charge is 0.183 e. The molecule has 1 aromatic heterocycles. The van der Waals surface area contributed by atoms with Gasteiger partial charge in [0.15, 0.2) is 23.0 Å². The second-order valence-electron chi connectivity index (χ2n) is 4.91. The van der Waals surface area contributed by atoms with Crippen LogP contribution in [0.1, 0.15) is 25.5 Å². The van der Waals surface area contributed by atoms with Crippen LogP contribution in [0.3, 0.4) is 0 Å². The second-order valence-corrected chi connectivity index (χ2v) is 4.91. The standard InChI is InChI=1S/C17H20N4O2/c1-4-5-8-19-17-13(10-18)20-11-14(21-17)12-6-7-15(22-2)16(9-12)23-3/h6-7,9,11H,4-5,8H2,1-3H3,(H,19,21). The number of aromatic nitrogens is 2. The van der Waals surface area contributed by atoms with Gasteiger partial charge in [-0.15, -0.1) is 0 Å². The maximum atomic E-state index is 9.16. The topological polar surface area (TPSA) is 80.1 Å². The van der Waals surface area contributed by atoms with Crippen LogP contribution in [0.4, 0.5) is 5.82 Å². The predicted molar refractivity (Wildman–Crippen MR) is 88.7 cm³/mol. The molecular formula is C17H20N4O2. The van der Waals surface area contributed by atoms with Crippen molar-refractivity contribution in [2.24, 2.45) is 0 Å². The van der Waals surface area contributed by atoms with Gasteiger partial charge >= 0.3 is 0 Å². The Morgan fingerprint density at radius 2 is 2.00 bits per heavy atom. The number of nitrogens with one attached hydrogen (secondary N) is 1. The Hall–Kier alpha value is -2.81. The van der Waals surface area contributed by atoms with Gasteiger partial charge in [-0.3, -0.25) is 0 Å². The number of benzene rings is 1. The van der Waals surface area contributed by atoms with E-state index >= 15 is 0 Å². The fourth-order valence-electron chi connectivity index (χ4n) is 2.11. The van der Waals surface area contributed by atoms with Gasteiger partial charge in [0.2, 0.25) is 0 Å². The minimum Gasteiger partial charge on any atom is -0.493 e. The van der Waals surface area contributed by atoms with Crippen molar-refractivity contribution in [2.75, 3.05) is 26.1 Å². The van der Waals surface area contributed by atoms with E-state index in [0.29, 0.717) is 28.7 Å². The molecular weight excluding hydrogens is 292 g/mol. The molecule has 2 aromatic rings. The average molecular weight is 312 g/mol. The van der Waals surface area contributed by atoms with E-state index in [1.807, 2.05) is 18.2 Å². The normalized spacial score (nSPS) is 10.0. The molecule has 6 heteroatoms. The Labute approximate surface area is 136 Å². The van der Waals surface area contributed by atoms with Crippen LogP contribution in [0, 0.1) is 11.3 Å². The molecule has 0 aliphatic carbocycles. The van der Waals surface area contributed by atoms with E-state index in [0.717, 1.165) is 24.9 Å². The van der Waals surface area contributed by atoms with Gasteiger partial charge in [-0.25, -0.2) is 9.97 Å². The molecule has 1 aromatic carbocycles. The molecule has 1 N–H and O–H groups in total. The minimum atomic E-state index is 0.297. The van der Waals surface area contributed by atoms with E-state index in [-0.39, 0.29) is 0 Å². The monoisotopic (exact) mass is 312 g/mol. The number of rotatable bonds is 7. The quantitative estimate of drug-likeness (QED) is 0.791. The molecule has 0 aliphatic heterocycles. The van der Waals surface area contributed by atoms with E-state index in [9.17, 15) is 0 Å². The largest absolute Gasteiger partial charge is 0.493 e. The highest BCUT2D eigenvalue weighted by Crippen LogP contribution is 2.31. The number of nitrogens with zero attached hydrogens (tertiary/aromatic N) is 3. The Morgan fingerprint density at radius 1 is 1.22 bits per heavy atom. The molecule has 0 fully saturated rings. The van der Waals surface area contributed by atoms with E-state index in [1.54, 1.807) is 20.4 Å². The van der Waals surface area contributed by atoms with E-state index in [2.05, 4.69) is 28.3 Å². The summed E-state index contributed by atoms with van der Waals surface area (Å²) in [5, 5.41) is 12.3. The maximum absolute atomic E-state index is 9.16. The Bertz CT molecular complexity index is 710. The van der Waals surface area contributed by atoms with Crippen molar-refractivity contribution >= 4 is 5.82 Å². The summed E-state index contributed by atoms with van der Waals surface area (Å²) in [7, 11) is 3.18. The van der Waals surface area contributed by atoms with Crippen LogP contribution in [0.2, 0.25) is 0 Å². The summed E-state index contributed by atoms with van der Waals surface area (Å²) >= 11 is 0. The maximum Gasteiger partial charge on any atom is 0.183 e. The summed E-state index contributed by atoms with van der Waals surface area (Å²) in [6, 6.07) is 7.60. The molecule has 0 spiro atoms. The first-order valence-electron chi connectivity index (χ1n) is 7.46. The zero-order valence-electron chi connectivity index (χ0n) is 13.6. The summed E-state index contributed by atoms with van der Waals surface area (Å²) < 4.78 is 10.5. The van der Waals surface area contributed by atoms with Gasteiger partial charge in [0.1, 0.15) is 6.07 Å². The van der Waals surface area contributed by atoms with Crippen molar-refractivity contribution < 1.29 is 9.47 Å². The lowest BCUT2D eigenvalue weighted by Crippen LogP contribution is -2.07. The Balaban J connectivity index is 2.36. The van der Waals surface area contributed by atoms with Crippen LogP contribution in [0.15, 0.2) is 24.4 Å². The fourth-order valence-corrected chi connectivity index (χ4v) is 2.11. The second kappa shape index (κ2) is 7.99. The van der Waals surface area contributed by atoms with Gasteiger partial charge in [0, 0.05) is 12.1 Å². The summed E-state index contributed by atoms with van der Waals surface area (Å²) in [5.41, 5.74) is 1.81. The zero-order chi connectivity index (χ0) is 16.7. The lowest BCUT2D eigenvalue weighted by molar-refractivity contribution is 0.355. The van der Waals surface area contributed by atoms with Gasteiger partial charge in [-0.1, -0.05) is 13.3 Å². The van der Waals surface area contributed by atoms with Crippen LogP contribution in [0.5, 0.6) is 11.5 Å². The first-order valence-corrected chi connectivity index (χ1v) is 7.46. The highest BCUT2D eigenvalue weighted by atomic mass is 16.5. The molecule has 120 valence electrons. The summed E-state index contributed by atoms with van der Waals surface area (Å²) in [4.78, 5) is 8.72. The van der Waals surface area contributed by atoms with Crippen LogP contribution >= 0.6 is 0 Å². The van der Waals surface area contributed by atoms with E-state index < -0.39 is 0 Å². The van der Waals surface area contributed by atoms with E-state index in [4.69, 9.17) is 14.7 Å². The number of ether oxygens (including phenoxy) is 2. The molecule has 23 heavy (non-hydrogen) atoms. The number of nitriles is 1. The predicted octanol–water partition coefficient (Wildman–Crippen LogP) is 3.24. The SMILES string of the molecule is CCCCNc1nc(-c2ccc(OC)c(OC)c2)cnc1C#N. The Morgan fingerprint density at radius 3 is 2.65 bits per heavy atom. The molecule has 0 atom stereocenters. The first-order chi connectivity index (χ1) is 11.2. The van der Waals surface area contributed by atoms with Crippen LogP contribution in [0.25, 0.3) is 11.3 Å². The molecule has 0 bridgehead atoms. The van der Waals surface area contributed by atoms with Crippen molar-refractivity contribution in [1.82, 2.24) is 9.97 Å².